The Balaban J connectivity index is 1.87. The summed E-state index contributed by atoms with van der Waals surface area (Å²) in [6.07, 6.45) is -8.37. The highest BCUT2D eigenvalue weighted by atomic mass is 19.4. The third-order valence-electron chi connectivity index (χ3n) is 7.55. The van der Waals surface area contributed by atoms with Gasteiger partial charge >= 0.3 is 12.4 Å². The summed E-state index contributed by atoms with van der Waals surface area (Å²) < 4.78 is 87.9. The van der Waals surface area contributed by atoms with Crippen LogP contribution in [0.4, 0.5) is 32.0 Å². The number of anilines is 1. The van der Waals surface area contributed by atoms with Crippen LogP contribution in [0.5, 0.6) is 0 Å². The second-order valence-corrected chi connectivity index (χ2v) is 11.0. The number of aliphatic hydroxyl groups is 2. The molecule has 4 N–H and O–H groups in total. The minimum Gasteiger partial charge on any atom is -0.394 e. The number of benzene rings is 2. The fourth-order valence-electron chi connectivity index (χ4n) is 5.74. The van der Waals surface area contributed by atoms with Crippen LogP contribution < -0.4 is 10.6 Å². The minimum absolute atomic E-state index is 0.0760. The van der Waals surface area contributed by atoms with Gasteiger partial charge in [0.25, 0.3) is 0 Å². The number of hydrogen-bond donors (Lipinski definition) is 3. The maximum absolute atomic E-state index is 13.7. The third kappa shape index (κ3) is 7.80. The van der Waals surface area contributed by atoms with Crippen LogP contribution in [0.3, 0.4) is 0 Å². The summed E-state index contributed by atoms with van der Waals surface area (Å²) in [6, 6.07) is 4.53. The molecule has 9 nitrogen and oxygen atoms in total. The van der Waals surface area contributed by atoms with Gasteiger partial charge in [-0.2, -0.15) is 31.5 Å². The Morgan fingerprint density at radius 2 is 1.75 bits per heavy atom. The van der Waals surface area contributed by atoms with Crippen molar-refractivity contribution in [2.24, 2.45) is 21.2 Å². The highest BCUT2D eigenvalue weighted by molar-refractivity contribution is 5.79. The van der Waals surface area contributed by atoms with Crippen molar-refractivity contribution < 1.29 is 41.3 Å². The van der Waals surface area contributed by atoms with Crippen LogP contribution >= 0.6 is 0 Å². The molecule has 0 amide bonds. The van der Waals surface area contributed by atoms with Crippen LogP contribution in [-0.2, 0) is 36.5 Å². The van der Waals surface area contributed by atoms with Crippen LogP contribution in [-0.4, -0.2) is 53.3 Å². The van der Waals surface area contributed by atoms with Crippen LogP contribution in [0.25, 0.3) is 0 Å². The molecule has 2 aromatic carbocycles. The van der Waals surface area contributed by atoms with E-state index in [0.717, 1.165) is 30.4 Å². The quantitative estimate of drug-likeness (QED) is 0.0813. The Hall–Kier alpha value is -3.43. The molecule has 0 saturated carbocycles. The first kappa shape index (κ1) is 33.5. The van der Waals surface area contributed by atoms with Gasteiger partial charge in [0.05, 0.1) is 36.4 Å². The number of hydrogen-bond acceptors (Lipinski definition) is 6. The maximum Gasteiger partial charge on any atom is 0.416 e. The number of aliphatic hydroxyl groups excluding tert-OH is 2. The normalized spacial score (nSPS) is 18.5. The predicted molar refractivity (Wildman–Crippen MR) is 150 cm³/mol. The highest BCUT2D eigenvalue weighted by Crippen LogP contribution is 2.44. The van der Waals surface area contributed by atoms with Gasteiger partial charge in [-0.3, -0.25) is 0 Å². The molecule has 0 spiro atoms. The second kappa shape index (κ2) is 13.7. The largest absolute Gasteiger partial charge is 0.416 e. The summed E-state index contributed by atoms with van der Waals surface area (Å²) in [6.45, 7) is 3.08. The smallest absolute Gasteiger partial charge is 0.394 e. The van der Waals surface area contributed by atoms with E-state index in [-0.39, 0.29) is 36.8 Å². The van der Waals surface area contributed by atoms with Gasteiger partial charge in [0.1, 0.15) is 0 Å². The zero-order valence-electron chi connectivity index (χ0n) is 24.4. The number of aryl methyl sites for hydroxylation is 1. The fraction of sp³-hybridized carbons (Fsp3) is 0.552. The molecule has 2 atom stereocenters. The van der Waals surface area contributed by atoms with Gasteiger partial charge in [0, 0.05) is 18.8 Å². The number of nitrogens with zero attached hydrogens (tertiary/aromatic N) is 5. The van der Waals surface area contributed by atoms with Crippen LogP contribution in [0.1, 0.15) is 72.5 Å². The third-order valence-corrected chi connectivity index (χ3v) is 7.55. The van der Waals surface area contributed by atoms with Crippen molar-refractivity contribution >= 4 is 11.6 Å². The molecule has 0 radical (unpaired) electrons. The van der Waals surface area contributed by atoms with E-state index in [9.17, 15) is 31.4 Å². The monoisotopic (exact) mass is 630 g/mol. The number of rotatable bonds is 9. The number of guanidine groups is 1. The van der Waals surface area contributed by atoms with Crippen molar-refractivity contribution in [3.8, 4) is 0 Å². The molecule has 1 aliphatic carbocycles. The number of ether oxygens (including phenoxy) is 1. The van der Waals surface area contributed by atoms with Crippen molar-refractivity contribution in [2.45, 2.75) is 83.4 Å². The van der Waals surface area contributed by atoms with E-state index in [1.165, 1.54) is 4.90 Å². The predicted octanol–water partition coefficient (Wildman–Crippen LogP) is 5.73. The van der Waals surface area contributed by atoms with E-state index in [4.69, 9.17) is 15.6 Å². The van der Waals surface area contributed by atoms with E-state index >= 15 is 0 Å². The summed E-state index contributed by atoms with van der Waals surface area (Å²) in [5, 5.41) is 31.2. The molecular weight excluding hydrogens is 594 g/mol. The SMILES string of the molecule is CC(C)OC(O)N1CCC[C@H](N(Cc2cc(C(F)(F)F)cc(C(F)(F)F)c2)C(N)=NN=NCCO)c2ccc3c(c21)CCC3. The lowest BCUT2D eigenvalue weighted by molar-refractivity contribution is -0.143. The van der Waals surface area contributed by atoms with E-state index < -0.39 is 42.5 Å². The molecule has 0 bridgehead atoms. The Labute approximate surface area is 251 Å². The van der Waals surface area contributed by atoms with Crippen molar-refractivity contribution in [1.82, 2.24) is 4.90 Å². The Morgan fingerprint density at radius 3 is 2.36 bits per heavy atom. The van der Waals surface area contributed by atoms with Crippen LogP contribution in [0.15, 0.2) is 45.8 Å². The first-order valence-electron chi connectivity index (χ1n) is 14.3. The molecule has 4 rings (SSSR count). The van der Waals surface area contributed by atoms with Gasteiger partial charge in [-0.15, -0.1) is 0 Å². The zero-order valence-corrected chi connectivity index (χ0v) is 24.4. The lowest BCUT2D eigenvalue weighted by Crippen LogP contribution is -2.41. The van der Waals surface area contributed by atoms with Gasteiger partial charge in [0.15, 0.2) is 0 Å². The van der Waals surface area contributed by atoms with Gasteiger partial charge in [-0.1, -0.05) is 17.2 Å². The number of alkyl halides is 6. The minimum atomic E-state index is -5.03. The second-order valence-electron chi connectivity index (χ2n) is 11.0. The first-order chi connectivity index (χ1) is 20.7. The molecule has 15 heteroatoms. The maximum atomic E-state index is 13.7. The topological polar surface area (TPSA) is 119 Å². The van der Waals surface area contributed by atoms with Crippen LogP contribution in [0.2, 0.25) is 0 Å². The lowest BCUT2D eigenvalue weighted by atomic mass is 9.94. The summed E-state index contributed by atoms with van der Waals surface area (Å²) >= 11 is 0. The van der Waals surface area contributed by atoms with Crippen molar-refractivity contribution in [3.05, 3.63) is 63.7 Å². The summed E-state index contributed by atoms with van der Waals surface area (Å²) in [7, 11) is 0. The molecule has 44 heavy (non-hydrogen) atoms. The Bertz CT molecular complexity index is 1330. The average molecular weight is 631 g/mol. The molecule has 2 aliphatic rings. The van der Waals surface area contributed by atoms with Gasteiger partial charge in [-0.25, -0.2) is 0 Å². The molecule has 1 unspecified atom stereocenters. The lowest BCUT2D eigenvalue weighted by Gasteiger charge is -2.36. The van der Waals surface area contributed by atoms with Crippen LogP contribution in [0, 0.1) is 0 Å². The van der Waals surface area contributed by atoms with Gasteiger partial charge in [-0.05, 0) is 91.6 Å². The Morgan fingerprint density at radius 1 is 1.07 bits per heavy atom. The van der Waals surface area contributed by atoms with Crippen molar-refractivity contribution in [2.75, 3.05) is 24.6 Å². The van der Waals surface area contributed by atoms with Gasteiger partial charge in [0.2, 0.25) is 12.4 Å². The van der Waals surface area contributed by atoms with E-state index in [2.05, 4.69) is 15.4 Å². The van der Waals surface area contributed by atoms with Gasteiger partial charge < -0.3 is 30.5 Å². The zero-order chi connectivity index (χ0) is 32.2. The molecule has 1 heterocycles. The number of fused-ring (bicyclic) bond motifs is 3. The molecule has 1 aliphatic heterocycles. The standard InChI is InChI=1S/C29H36F6N6O3/c1-17(2)44-27(43)40-11-4-7-24(23-9-8-19-5-3-6-22(19)25(23)40)41(26(36)38-39-37-10-12-42)16-18-13-20(28(30,31)32)15-21(14-18)29(33,34)35/h8-9,13-15,17,24,27,42-43H,3-7,10-12,16H2,1-2H3,(H2,36,37,38)/t24-,27?/m0/s1. The molecular formula is C29H36F6N6O3. The molecule has 0 saturated heterocycles. The van der Waals surface area contributed by atoms with E-state index in [0.29, 0.717) is 42.8 Å². The highest BCUT2D eigenvalue weighted by Gasteiger charge is 2.39. The molecule has 0 aromatic heterocycles. The van der Waals surface area contributed by atoms with E-state index in [1.807, 2.05) is 12.1 Å². The van der Waals surface area contributed by atoms with E-state index in [1.54, 1.807) is 18.7 Å². The number of nitrogens with two attached hydrogens (primary N) is 1. The summed E-state index contributed by atoms with van der Waals surface area (Å²) in [5.74, 6) is -0.290. The van der Waals surface area contributed by atoms with Crippen molar-refractivity contribution in [3.63, 3.8) is 0 Å². The molecule has 242 valence electrons. The van der Waals surface area contributed by atoms with Crippen molar-refractivity contribution in [1.29, 1.82) is 0 Å². The fourth-order valence-corrected chi connectivity index (χ4v) is 5.74. The number of halogens is 6. The average Bonchev–Trinajstić information content (AvgIpc) is 3.33. The molecule has 2 aromatic rings. The Kier molecular flexibility index (Phi) is 10.4. The first-order valence-corrected chi connectivity index (χ1v) is 14.3. The summed E-state index contributed by atoms with van der Waals surface area (Å²) in [5.41, 5.74) is 6.62. The summed E-state index contributed by atoms with van der Waals surface area (Å²) in [4.78, 5) is 3.16. The molecule has 0 fully saturated rings.